The lowest BCUT2D eigenvalue weighted by Crippen LogP contribution is -2.51. The van der Waals surface area contributed by atoms with E-state index >= 15 is 0 Å². The Morgan fingerprint density at radius 2 is 1.77 bits per heavy atom. The molecule has 1 aromatic carbocycles. The molecule has 3 rings (SSSR count). The molecular weight excluding hydrogens is 370 g/mol. The summed E-state index contributed by atoms with van der Waals surface area (Å²) in [5.74, 6) is -0.150. The van der Waals surface area contributed by atoms with Gasteiger partial charge in [0.2, 0.25) is 15.9 Å². The van der Waals surface area contributed by atoms with Crippen LogP contribution in [0.2, 0.25) is 0 Å². The van der Waals surface area contributed by atoms with Gasteiger partial charge in [-0.2, -0.15) is 4.31 Å². The molecule has 140 valence electrons. The summed E-state index contributed by atoms with van der Waals surface area (Å²) < 4.78 is 26.2. The van der Waals surface area contributed by atoms with Crippen molar-refractivity contribution >= 4 is 27.3 Å². The highest BCUT2D eigenvalue weighted by molar-refractivity contribution is 7.89. The normalized spacial score (nSPS) is 16.2. The summed E-state index contributed by atoms with van der Waals surface area (Å²) in [5, 5.41) is 2.07. The van der Waals surface area contributed by atoms with Crippen LogP contribution >= 0.6 is 11.3 Å². The van der Waals surface area contributed by atoms with Gasteiger partial charge in [0.15, 0.2) is 0 Å². The highest BCUT2D eigenvalue weighted by Crippen LogP contribution is 2.15. The molecule has 26 heavy (non-hydrogen) atoms. The fraction of sp³-hybridized carbons (Fsp3) is 0.389. The smallest absolute Gasteiger partial charge is 0.243 e. The molecule has 2 heterocycles. The minimum Gasteiger partial charge on any atom is -0.339 e. The van der Waals surface area contributed by atoms with Crippen LogP contribution in [0, 0.1) is 0 Å². The van der Waals surface area contributed by atoms with Gasteiger partial charge in [-0.05, 0) is 23.6 Å². The zero-order valence-corrected chi connectivity index (χ0v) is 16.4. The van der Waals surface area contributed by atoms with Gasteiger partial charge in [0.25, 0.3) is 0 Å². The molecule has 6 nitrogen and oxygen atoms in total. The number of piperazine rings is 1. The van der Waals surface area contributed by atoms with E-state index in [1.165, 1.54) is 11.9 Å². The third-order valence-corrected chi connectivity index (χ3v) is 7.17. The summed E-state index contributed by atoms with van der Waals surface area (Å²) in [6, 6.07) is 12.4. The number of nitrogens with zero attached hydrogens (tertiary/aromatic N) is 3. The Hall–Kier alpha value is -1.74. The zero-order valence-electron chi connectivity index (χ0n) is 14.7. The lowest BCUT2D eigenvalue weighted by Gasteiger charge is -2.35. The summed E-state index contributed by atoms with van der Waals surface area (Å²) in [5.41, 5.74) is 0. The fourth-order valence-corrected chi connectivity index (χ4v) is 4.81. The van der Waals surface area contributed by atoms with Gasteiger partial charge in [0.1, 0.15) is 0 Å². The molecular formula is C18H23N3O3S2. The second kappa shape index (κ2) is 8.30. The fourth-order valence-electron chi connectivity index (χ4n) is 2.93. The number of hydrogen-bond donors (Lipinski definition) is 0. The molecule has 0 aliphatic carbocycles. The van der Waals surface area contributed by atoms with Crippen molar-refractivity contribution in [2.45, 2.75) is 11.4 Å². The van der Waals surface area contributed by atoms with E-state index < -0.39 is 10.0 Å². The number of benzene rings is 1. The summed E-state index contributed by atoms with van der Waals surface area (Å²) >= 11 is 1.74. The monoisotopic (exact) mass is 393 g/mol. The van der Waals surface area contributed by atoms with E-state index in [0.717, 1.165) is 23.9 Å². The molecule has 1 fully saturated rings. The Bertz CT molecular complexity index is 815. The van der Waals surface area contributed by atoms with Crippen molar-refractivity contribution in [2.75, 3.05) is 39.8 Å². The quantitative estimate of drug-likeness (QED) is 0.750. The van der Waals surface area contributed by atoms with E-state index in [1.807, 2.05) is 6.07 Å². The van der Waals surface area contributed by atoms with E-state index in [0.29, 0.717) is 13.1 Å². The second-order valence-electron chi connectivity index (χ2n) is 6.31. The first-order valence-corrected chi connectivity index (χ1v) is 10.8. The Morgan fingerprint density at radius 1 is 1.08 bits per heavy atom. The van der Waals surface area contributed by atoms with E-state index in [4.69, 9.17) is 0 Å². The molecule has 0 spiro atoms. The summed E-state index contributed by atoms with van der Waals surface area (Å²) in [4.78, 5) is 18.1. The van der Waals surface area contributed by atoms with E-state index in [-0.39, 0.29) is 17.3 Å². The molecule has 0 unspecified atom stereocenters. The highest BCUT2D eigenvalue weighted by Gasteiger charge is 2.27. The van der Waals surface area contributed by atoms with Crippen molar-refractivity contribution in [3.63, 3.8) is 0 Å². The molecule has 0 radical (unpaired) electrons. The second-order valence-corrected chi connectivity index (χ2v) is 9.39. The van der Waals surface area contributed by atoms with Crippen LogP contribution in [0.5, 0.6) is 0 Å². The van der Waals surface area contributed by atoms with Gasteiger partial charge < -0.3 is 4.90 Å². The molecule has 0 saturated carbocycles. The molecule has 1 aliphatic rings. The molecule has 0 atom stereocenters. The van der Waals surface area contributed by atoms with Gasteiger partial charge >= 0.3 is 0 Å². The Morgan fingerprint density at radius 3 is 2.38 bits per heavy atom. The van der Waals surface area contributed by atoms with E-state index in [2.05, 4.69) is 16.3 Å². The molecule has 1 amide bonds. The number of carbonyl (C=O) groups excluding carboxylic acids is 1. The number of carbonyl (C=O) groups is 1. The average molecular weight is 394 g/mol. The van der Waals surface area contributed by atoms with Crippen molar-refractivity contribution in [1.82, 2.24) is 14.1 Å². The SMILES string of the molecule is CN(CC(=O)N1CCN(Cc2cccs2)CC1)S(=O)(=O)c1ccccc1. The number of hydrogen-bond acceptors (Lipinski definition) is 5. The van der Waals surface area contributed by atoms with E-state index in [1.54, 1.807) is 46.6 Å². The minimum absolute atomic E-state index is 0.137. The third-order valence-electron chi connectivity index (χ3n) is 4.49. The Labute approximate surface area is 158 Å². The number of thiophene rings is 1. The van der Waals surface area contributed by atoms with Crippen LogP contribution in [0.4, 0.5) is 0 Å². The zero-order chi connectivity index (χ0) is 18.6. The molecule has 1 aliphatic heterocycles. The molecule has 0 bridgehead atoms. The summed E-state index contributed by atoms with van der Waals surface area (Å²) in [7, 11) is -2.19. The van der Waals surface area contributed by atoms with Crippen LogP contribution in [0.15, 0.2) is 52.7 Å². The van der Waals surface area contributed by atoms with Gasteiger partial charge in [-0.15, -0.1) is 11.3 Å². The molecule has 8 heteroatoms. The van der Waals surface area contributed by atoms with E-state index in [9.17, 15) is 13.2 Å². The third kappa shape index (κ3) is 4.50. The lowest BCUT2D eigenvalue weighted by atomic mass is 10.3. The number of rotatable bonds is 6. The van der Waals surface area contributed by atoms with Crippen molar-refractivity contribution in [1.29, 1.82) is 0 Å². The van der Waals surface area contributed by atoms with Crippen LogP contribution in [-0.4, -0.2) is 68.2 Å². The first kappa shape index (κ1) is 19.0. The topological polar surface area (TPSA) is 60.9 Å². The van der Waals surface area contributed by atoms with Crippen LogP contribution in [0.25, 0.3) is 0 Å². The lowest BCUT2D eigenvalue weighted by molar-refractivity contribution is -0.133. The maximum absolute atomic E-state index is 12.5. The number of sulfonamides is 1. The molecule has 0 N–H and O–H groups in total. The largest absolute Gasteiger partial charge is 0.339 e. The standard InChI is InChI=1S/C18H23N3O3S2/c1-19(26(23,24)17-7-3-2-4-8-17)15-18(22)21-11-9-20(10-12-21)14-16-6-5-13-25-16/h2-8,13H,9-12,14-15H2,1H3. The van der Waals surface area contributed by atoms with Crippen molar-refractivity contribution in [3.05, 3.63) is 52.7 Å². The van der Waals surface area contributed by atoms with Gasteiger partial charge in [-0.25, -0.2) is 8.42 Å². The first-order chi connectivity index (χ1) is 12.5. The van der Waals surface area contributed by atoms with Crippen molar-refractivity contribution in [2.24, 2.45) is 0 Å². The van der Waals surface area contributed by atoms with Crippen LogP contribution in [-0.2, 0) is 21.4 Å². The predicted molar refractivity (Wildman–Crippen MR) is 102 cm³/mol. The van der Waals surface area contributed by atoms with Gasteiger partial charge in [-0.3, -0.25) is 9.69 Å². The predicted octanol–water partition coefficient (Wildman–Crippen LogP) is 1.71. The number of likely N-dealkylation sites (N-methyl/N-ethyl adjacent to an activating group) is 1. The molecule has 2 aromatic rings. The highest BCUT2D eigenvalue weighted by atomic mass is 32.2. The van der Waals surface area contributed by atoms with Gasteiger partial charge in [-0.1, -0.05) is 24.3 Å². The molecule has 1 aromatic heterocycles. The van der Waals surface area contributed by atoms with Crippen LogP contribution in [0.1, 0.15) is 4.88 Å². The maximum Gasteiger partial charge on any atom is 0.243 e. The van der Waals surface area contributed by atoms with Gasteiger partial charge in [0.05, 0.1) is 11.4 Å². The van der Waals surface area contributed by atoms with Crippen LogP contribution < -0.4 is 0 Å². The molecule has 1 saturated heterocycles. The summed E-state index contributed by atoms with van der Waals surface area (Å²) in [6.45, 7) is 3.63. The minimum atomic E-state index is -3.64. The van der Waals surface area contributed by atoms with Gasteiger partial charge in [0, 0.05) is 44.6 Å². The number of amides is 1. The average Bonchev–Trinajstić information content (AvgIpc) is 3.16. The van der Waals surface area contributed by atoms with Crippen molar-refractivity contribution < 1.29 is 13.2 Å². The van der Waals surface area contributed by atoms with Crippen LogP contribution in [0.3, 0.4) is 0 Å². The van der Waals surface area contributed by atoms with Crippen molar-refractivity contribution in [3.8, 4) is 0 Å². The Kier molecular flexibility index (Phi) is 6.08. The first-order valence-electron chi connectivity index (χ1n) is 8.51. The maximum atomic E-state index is 12.5. The Balaban J connectivity index is 1.52. The summed E-state index contributed by atoms with van der Waals surface area (Å²) in [6.07, 6.45) is 0.